The Labute approximate surface area is 125 Å². The van der Waals surface area contributed by atoms with Crippen molar-refractivity contribution in [2.75, 3.05) is 6.54 Å². The van der Waals surface area contributed by atoms with E-state index in [2.05, 4.69) is 26.1 Å². The second-order valence-electron chi connectivity index (χ2n) is 6.50. The van der Waals surface area contributed by atoms with Gasteiger partial charge in [-0.3, -0.25) is 0 Å². The van der Waals surface area contributed by atoms with Gasteiger partial charge in [-0.1, -0.05) is 52.0 Å². The fraction of sp³-hybridized carbons (Fsp3) is 0.647. The van der Waals surface area contributed by atoms with Crippen molar-refractivity contribution >= 4 is 0 Å². The van der Waals surface area contributed by atoms with Gasteiger partial charge in [0, 0.05) is 12.5 Å². The summed E-state index contributed by atoms with van der Waals surface area (Å²) >= 11 is 0. The lowest BCUT2D eigenvalue weighted by atomic mass is 9.81. The van der Waals surface area contributed by atoms with Gasteiger partial charge < -0.3 is 5.32 Å². The summed E-state index contributed by atoms with van der Waals surface area (Å²) in [4.78, 5) is 0. The molecule has 1 nitrogen and oxygen atoms in total. The number of alkyl halides is 3. The molecule has 1 N–H and O–H groups in total. The van der Waals surface area contributed by atoms with Gasteiger partial charge in [-0.05, 0) is 35.9 Å². The van der Waals surface area contributed by atoms with Crippen molar-refractivity contribution in [2.24, 2.45) is 0 Å². The van der Waals surface area contributed by atoms with Crippen LogP contribution in [0.1, 0.15) is 64.1 Å². The summed E-state index contributed by atoms with van der Waals surface area (Å²) in [6, 6.07) is 7.57. The van der Waals surface area contributed by atoms with Crippen LogP contribution in [0.5, 0.6) is 0 Å². The van der Waals surface area contributed by atoms with Crippen LogP contribution < -0.4 is 5.32 Å². The van der Waals surface area contributed by atoms with E-state index in [1.165, 1.54) is 0 Å². The number of benzene rings is 1. The number of rotatable bonds is 6. The van der Waals surface area contributed by atoms with Crippen LogP contribution in [0.15, 0.2) is 24.3 Å². The van der Waals surface area contributed by atoms with Crippen molar-refractivity contribution in [3.63, 3.8) is 0 Å². The van der Waals surface area contributed by atoms with Crippen LogP contribution in [0.2, 0.25) is 0 Å². The van der Waals surface area contributed by atoms with Crippen LogP contribution in [0.25, 0.3) is 0 Å². The number of hydrogen-bond donors (Lipinski definition) is 1. The minimum absolute atomic E-state index is 0.0800. The summed E-state index contributed by atoms with van der Waals surface area (Å²) in [7, 11) is 0. The van der Waals surface area contributed by atoms with Crippen LogP contribution in [-0.2, 0) is 5.41 Å². The summed E-state index contributed by atoms with van der Waals surface area (Å²) in [5.74, 6) is 0. The molecule has 1 aromatic carbocycles. The van der Waals surface area contributed by atoms with E-state index in [0.717, 1.165) is 24.1 Å². The zero-order valence-electron chi connectivity index (χ0n) is 13.3. The lowest BCUT2D eigenvalue weighted by Gasteiger charge is -2.28. The van der Waals surface area contributed by atoms with Gasteiger partial charge >= 0.3 is 6.18 Å². The van der Waals surface area contributed by atoms with Crippen LogP contribution in [0, 0.1) is 0 Å². The fourth-order valence-electron chi connectivity index (χ4n) is 2.48. The van der Waals surface area contributed by atoms with Crippen molar-refractivity contribution in [2.45, 2.75) is 64.6 Å². The van der Waals surface area contributed by atoms with Crippen molar-refractivity contribution in [3.05, 3.63) is 35.4 Å². The Balaban J connectivity index is 3.02. The first kappa shape index (κ1) is 18.0. The lowest BCUT2D eigenvalue weighted by Crippen LogP contribution is -2.27. The molecule has 0 aromatic heterocycles. The molecule has 1 rings (SSSR count). The highest BCUT2D eigenvalue weighted by Gasteiger charge is 2.30. The van der Waals surface area contributed by atoms with Crippen molar-refractivity contribution in [1.29, 1.82) is 0 Å². The van der Waals surface area contributed by atoms with Crippen molar-refractivity contribution in [1.82, 2.24) is 5.32 Å². The van der Waals surface area contributed by atoms with Crippen LogP contribution in [0.3, 0.4) is 0 Å². The van der Waals surface area contributed by atoms with E-state index in [0.29, 0.717) is 0 Å². The van der Waals surface area contributed by atoms with Gasteiger partial charge in [0.2, 0.25) is 0 Å². The summed E-state index contributed by atoms with van der Waals surface area (Å²) in [6.45, 7) is 9.01. The summed E-state index contributed by atoms with van der Waals surface area (Å²) in [6.07, 6.45) is -3.88. The van der Waals surface area contributed by atoms with Gasteiger partial charge in [0.15, 0.2) is 0 Å². The van der Waals surface area contributed by atoms with E-state index in [9.17, 15) is 13.2 Å². The average molecular weight is 301 g/mol. The van der Waals surface area contributed by atoms with Crippen LogP contribution >= 0.6 is 0 Å². The number of nitrogens with one attached hydrogen (secondary N) is 1. The highest BCUT2D eigenvalue weighted by atomic mass is 19.4. The molecule has 0 bridgehead atoms. The quantitative estimate of drug-likeness (QED) is 0.745. The Morgan fingerprint density at radius 1 is 1.10 bits per heavy atom. The summed E-state index contributed by atoms with van der Waals surface area (Å²) < 4.78 is 37.7. The fourth-order valence-corrected chi connectivity index (χ4v) is 2.48. The third-order valence-corrected chi connectivity index (χ3v) is 3.50. The highest BCUT2D eigenvalue weighted by Crippen LogP contribution is 2.33. The van der Waals surface area contributed by atoms with Gasteiger partial charge in [0.1, 0.15) is 0 Å². The zero-order chi connectivity index (χ0) is 16.1. The maximum atomic E-state index is 12.6. The van der Waals surface area contributed by atoms with Gasteiger partial charge in [0.05, 0.1) is 0 Å². The molecule has 0 fully saturated rings. The van der Waals surface area contributed by atoms with Crippen LogP contribution in [-0.4, -0.2) is 12.7 Å². The van der Waals surface area contributed by atoms with E-state index in [1.54, 1.807) is 0 Å². The lowest BCUT2D eigenvalue weighted by molar-refractivity contribution is -0.136. The molecule has 0 saturated heterocycles. The third kappa shape index (κ3) is 6.08. The highest BCUT2D eigenvalue weighted by molar-refractivity contribution is 5.35. The van der Waals surface area contributed by atoms with Crippen molar-refractivity contribution < 1.29 is 13.2 Å². The molecule has 1 unspecified atom stereocenters. The first-order valence-electron chi connectivity index (χ1n) is 7.54. The predicted octanol–water partition coefficient (Wildman–Crippen LogP) is 5.37. The van der Waals surface area contributed by atoms with E-state index in [1.807, 2.05) is 31.2 Å². The molecule has 120 valence electrons. The van der Waals surface area contributed by atoms with E-state index in [4.69, 9.17) is 0 Å². The second-order valence-corrected chi connectivity index (χ2v) is 6.50. The van der Waals surface area contributed by atoms with E-state index >= 15 is 0 Å². The molecule has 0 radical (unpaired) electrons. The number of hydrogen-bond acceptors (Lipinski definition) is 1. The van der Waals surface area contributed by atoms with Crippen LogP contribution in [0.4, 0.5) is 13.2 Å². The first-order chi connectivity index (χ1) is 9.65. The molecule has 1 atom stereocenters. The monoisotopic (exact) mass is 301 g/mol. The Kier molecular flexibility index (Phi) is 6.26. The Bertz CT molecular complexity index is 432. The molecule has 0 saturated carbocycles. The van der Waals surface area contributed by atoms with Crippen molar-refractivity contribution in [3.8, 4) is 0 Å². The average Bonchev–Trinajstić information content (AvgIpc) is 2.37. The van der Waals surface area contributed by atoms with Gasteiger partial charge in [-0.25, -0.2) is 0 Å². The topological polar surface area (TPSA) is 12.0 Å². The molecule has 4 heteroatoms. The largest absolute Gasteiger partial charge is 0.389 e. The minimum atomic E-state index is -4.11. The maximum absolute atomic E-state index is 12.6. The molecule has 0 aliphatic carbocycles. The predicted molar refractivity (Wildman–Crippen MR) is 81.5 cm³/mol. The van der Waals surface area contributed by atoms with Gasteiger partial charge in [-0.2, -0.15) is 13.2 Å². The Morgan fingerprint density at radius 2 is 1.71 bits per heavy atom. The molecule has 0 spiro atoms. The van der Waals surface area contributed by atoms with Gasteiger partial charge in [-0.15, -0.1) is 0 Å². The van der Waals surface area contributed by atoms with E-state index in [-0.39, 0.29) is 17.9 Å². The molecule has 0 aliphatic heterocycles. The molecular weight excluding hydrogens is 275 g/mol. The summed E-state index contributed by atoms with van der Waals surface area (Å²) in [5, 5.41) is 3.27. The van der Waals surface area contributed by atoms with Gasteiger partial charge in [0.25, 0.3) is 0 Å². The molecular formula is C17H26F3N. The SMILES string of the molecule is CCCNC(CCC(F)(F)F)c1ccccc1C(C)(C)C. The molecule has 0 amide bonds. The van der Waals surface area contributed by atoms with E-state index < -0.39 is 12.6 Å². The summed E-state index contributed by atoms with van der Waals surface area (Å²) in [5.41, 5.74) is 2.02. The standard InChI is InChI=1S/C17H26F3N/c1-5-12-21-15(10-11-17(18,19)20)13-8-6-7-9-14(13)16(2,3)4/h6-9,15,21H,5,10-12H2,1-4H3. The molecule has 0 heterocycles. The molecule has 21 heavy (non-hydrogen) atoms. The maximum Gasteiger partial charge on any atom is 0.389 e. The molecule has 0 aliphatic rings. The molecule has 1 aromatic rings. The smallest absolute Gasteiger partial charge is 0.310 e. The third-order valence-electron chi connectivity index (χ3n) is 3.50. The Hall–Kier alpha value is -1.03. The zero-order valence-corrected chi connectivity index (χ0v) is 13.3. The Morgan fingerprint density at radius 3 is 2.24 bits per heavy atom. The minimum Gasteiger partial charge on any atom is -0.310 e. The first-order valence-corrected chi connectivity index (χ1v) is 7.54. The number of halogens is 3. The second kappa shape index (κ2) is 7.30. The normalized spacial score (nSPS) is 14.2.